The molecule has 0 N–H and O–H groups in total. The lowest BCUT2D eigenvalue weighted by Gasteiger charge is -2.25. The molecule has 0 unspecified atom stereocenters. The van der Waals surface area contributed by atoms with Crippen LogP contribution < -0.4 is 4.74 Å². The molecule has 0 bridgehead atoms. The van der Waals surface area contributed by atoms with Gasteiger partial charge in [-0.3, -0.25) is 0 Å². The number of aromatic nitrogens is 3. The average molecular weight is 844 g/mol. The Kier molecular flexibility index (Phi) is 8.78. The number of nitrogens with zero attached hydrogens (tertiary/aromatic N) is 3. The van der Waals surface area contributed by atoms with Gasteiger partial charge in [-0.25, -0.2) is 15.0 Å². The van der Waals surface area contributed by atoms with E-state index < -0.39 is 0 Å². The summed E-state index contributed by atoms with van der Waals surface area (Å²) in [6.07, 6.45) is 0. The molecule has 12 aromatic rings. The van der Waals surface area contributed by atoms with Crippen molar-refractivity contribution in [1.82, 2.24) is 15.0 Å². The summed E-state index contributed by atoms with van der Waals surface area (Å²) in [6.45, 7) is 0. The minimum atomic E-state index is 0.582. The summed E-state index contributed by atoms with van der Waals surface area (Å²) in [4.78, 5) is 15.4. The highest BCUT2D eigenvalue weighted by atomic mass is 16.5. The predicted octanol–water partition coefficient (Wildman–Crippen LogP) is 16.4. The molecule has 0 saturated carbocycles. The minimum absolute atomic E-state index is 0.582. The third-order valence-electron chi connectivity index (χ3n) is 12.7. The zero-order valence-electron chi connectivity index (χ0n) is 35.5. The fourth-order valence-corrected chi connectivity index (χ4v) is 9.69. The molecule has 1 aliphatic rings. The zero-order chi connectivity index (χ0) is 43.6. The van der Waals surface area contributed by atoms with Crippen molar-refractivity contribution in [3.05, 3.63) is 224 Å². The standard InChI is InChI=1S/C61H37N3O2/c1-4-16-38(17-5-1)44-36-50(55(40-18-6-2-7-19-40)51(37-44)47-27-14-26-46-45-25-12-22-41-23-13-30-53(56(41)45)66-58(46)47)39-32-34-43(35-33-39)60-62-59(42-20-8-3-9-21-42)63-61(64-60)49-28-15-31-54-57(49)48-24-10-11-29-52(48)65-54/h1-37H. The molecule has 1 aliphatic heterocycles. The Morgan fingerprint density at radius 3 is 1.59 bits per heavy atom. The van der Waals surface area contributed by atoms with E-state index in [1.54, 1.807) is 0 Å². The number of furan rings is 1. The lowest BCUT2D eigenvalue weighted by atomic mass is 9.83. The van der Waals surface area contributed by atoms with E-state index in [1.165, 1.54) is 5.56 Å². The highest BCUT2D eigenvalue weighted by Crippen LogP contribution is 2.53. The monoisotopic (exact) mass is 843 g/mol. The molecule has 0 aliphatic carbocycles. The molecule has 13 rings (SSSR count). The van der Waals surface area contributed by atoms with E-state index in [0.717, 1.165) is 111 Å². The average Bonchev–Trinajstić information content (AvgIpc) is 3.78. The topological polar surface area (TPSA) is 61.0 Å². The summed E-state index contributed by atoms with van der Waals surface area (Å²) in [5, 5.41) is 4.30. The molecule has 0 amide bonds. The molecule has 0 saturated heterocycles. The third-order valence-corrected chi connectivity index (χ3v) is 12.7. The Morgan fingerprint density at radius 1 is 0.303 bits per heavy atom. The van der Waals surface area contributed by atoms with Crippen molar-refractivity contribution < 1.29 is 9.15 Å². The molecule has 3 heterocycles. The molecular formula is C61H37N3O2. The van der Waals surface area contributed by atoms with Gasteiger partial charge in [0.25, 0.3) is 0 Å². The Morgan fingerprint density at radius 2 is 0.833 bits per heavy atom. The Bertz CT molecular complexity index is 3820. The van der Waals surface area contributed by atoms with E-state index in [-0.39, 0.29) is 0 Å². The van der Waals surface area contributed by atoms with Crippen molar-refractivity contribution >= 4 is 32.7 Å². The number of hydrogen-bond acceptors (Lipinski definition) is 5. The van der Waals surface area contributed by atoms with Crippen molar-refractivity contribution in [2.75, 3.05) is 0 Å². The van der Waals surface area contributed by atoms with Crippen LogP contribution in [0.15, 0.2) is 229 Å². The highest BCUT2D eigenvalue weighted by Gasteiger charge is 2.26. The van der Waals surface area contributed by atoms with E-state index in [1.807, 2.05) is 60.7 Å². The van der Waals surface area contributed by atoms with Crippen molar-refractivity contribution in [1.29, 1.82) is 0 Å². The van der Waals surface area contributed by atoms with Gasteiger partial charge < -0.3 is 9.15 Å². The second-order valence-corrected chi connectivity index (χ2v) is 16.6. The van der Waals surface area contributed by atoms with E-state index >= 15 is 0 Å². The van der Waals surface area contributed by atoms with Gasteiger partial charge in [0, 0.05) is 44.0 Å². The maximum Gasteiger partial charge on any atom is 0.164 e. The molecule has 5 nitrogen and oxygen atoms in total. The first-order valence-corrected chi connectivity index (χ1v) is 22.2. The lowest BCUT2D eigenvalue weighted by Crippen LogP contribution is -2.01. The zero-order valence-corrected chi connectivity index (χ0v) is 35.5. The van der Waals surface area contributed by atoms with Gasteiger partial charge in [-0.05, 0) is 80.2 Å². The number of rotatable bonds is 7. The van der Waals surface area contributed by atoms with Crippen LogP contribution in [0.1, 0.15) is 0 Å². The second-order valence-electron chi connectivity index (χ2n) is 16.6. The number of benzene rings is 10. The molecule has 0 radical (unpaired) electrons. The SMILES string of the molecule is c1ccc(-c2cc(-c3ccc(-c4nc(-c5ccccc5)nc(-c5cccc6oc7ccccc7c56)n4)cc3)c(-c3ccccc3)c(-c3cccc4c3Oc3cccc5cccc-4c35)c2)cc1. The highest BCUT2D eigenvalue weighted by molar-refractivity contribution is 6.12. The number of ether oxygens (including phenoxy) is 1. The molecule has 0 spiro atoms. The smallest absolute Gasteiger partial charge is 0.164 e. The molecule has 0 atom stereocenters. The van der Waals surface area contributed by atoms with Gasteiger partial charge in [0.1, 0.15) is 22.7 Å². The second kappa shape index (κ2) is 15.4. The summed E-state index contributed by atoms with van der Waals surface area (Å²) in [5.74, 6) is 3.49. The third kappa shape index (κ3) is 6.28. The van der Waals surface area contributed by atoms with Crippen molar-refractivity contribution in [3.63, 3.8) is 0 Å². The molecule has 5 heteroatoms. The van der Waals surface area contributed by atoms with E-state index in [4.69, 9.17) is 24.1 Å². The molecule has 66 heavy (non-hydrogen) atoms. The normalized spacial score (nSPS) is 11.8. The summed E-state index contributed by atoms with van der Waals surface area (Å²) in [7, 11) is 0. The van der Waals surface area contributed by atoms with Crippen LogP contribution in [0.5, 0.6) is 11.5 Å². The largest absolute Gasteiger partial charge is 0.456 e. The van der Waals surface area contributed by atoms with Gasteiger partial charge in [-0.15, -0.1) is 0 Å². The molecule has 308 valence electrons. The summed E-state index contributed by atoms with van der Waals surface area (Å²) in [6, 6.07) is 78.2. The summed E-state index contributed by atoms with van der Waals surface area (Å²) in [5.41, 5.74) is 15.3. The summed E-state index contributed by atoms with van der Waals surface area (Å²) < 4.78 is 13.3. The fourth-order valence-electron chi connectivity index (χ4n) is 9.69. The number of hydrogen-bond donors (Lipinski definition) is 0. The van der Waals surface area contributed by atoms with Crippen LogP contribution in [-0.2, 0) is 0 Å². The first-order chi connectivity index (χ1) is 32.7. The van der Waals surface area contributed by atoms with Gasteiger partial charge in [0.2, 0.25) is 0 Å². The Balaban J connectivity index is 1.01. The Hall–Kier alpha value is -8.93. The van der Waals surface area contributed by atoms with Gasteiger partial charge in [-0.2, -0.15) is 0 Å². The van der Waals surface area contributed by atoms with Crippen LogP contribution in [-0.4, -0.2) is 15.0 Å². The number of para-hydroxylation sites is 2. The maximum absolute atomic E-state index is 6.98. The van der Waals surface area contributed by atoms with E-state index in [9.17, 15) is 0 Å². The quantitative estimate of drug-likeness (QED) is 0.160. The van der Waals surface area contributed by atoms with E-state index in [0.29, 0.717) is 17.5 Å². The number of fused-ring (bicyclic) bond motifs is 5. The van der Waals surface area contributed by atoms with Gasteiger partial charge in [0.15, 0.2) is 17.5 Å². The van der Waals surface area contributed by atoms with Crippen molar-refractivity contribution in [3.8, 4) is 101 Å². The van der Waals surface area contributed by atoms with Gasteiger partial charge in [-0.1, -0.05) is 194 Å². The lowest BCUT2D eigenvalue weighted by molar-refractivity contribution is 0.489. The maximum atomic E-state index is 6.98. The van der Waals surface area contributed by atoms with Gasteiger partial charge in [0.05, 0.1) is 0 Å². The van der Waals surface area contributed by atoms with Crippen LogP contribution in [0.3, 0.4) is 0 Å². The summed E-state index contributed by atoms with van der Waals surface area (Å²) >= 11 is 0. The van der Waals surface area contributed by atoms with Crippen LogP contribution in [0.25, 0.3) is 123 Å². The van der Waals surface area contributed by atoms with Crippen molar-refractivity contribution in [2.24, 2.45) is 0 Å². The van der Waals surface area contributed by atoms with Crippen molar-refractivity contribution in [2.45, 2.75) is 0 Å². The molecule has 10 aromatic carbocycles. The predicted molar refractivity (Wildman–Crippen MR) is 268 cm³/mol. The Labute approximate surface area is 380 Å². The molecule has 0 fully saturated rings. The first kappa shape index (κ1) is 37.6. The van der Waals surface area contributed by atoms with Crippen LogP contribution >= 0.6 is 0 Å². The van der Waals surface area contributed by atoms with E-state index in [2.05, 4.69) is 164 Å². The van der Waals surface area contributed by atoms with Crippen LogP contribution in [0.2, 0.25) is 0 Å². The first-order valence-electron chi connectivity index (χ1n) is 22.2. The van der Waals surface area contributed by atoms with Crippen LogP contribution in [0.4, 0.5) is 0 Å². The minimum Gasteiger partial charge on any atom is -0.456 e. The molecular weight excluding hydrogens is 807 g/mol. The van der Waals surface area contributed by atoms with Crippen LogP contribution in [0, 0.1) is 0 Å². The fraction of sp³-hybridized carbons (Fsp3) is 0. The molecule has 2 aromatic heterocycles. The van der Waals surface area contributed by atoms with Gasteiger partial charge >= 0.3 is 0 Å².